The number of amides is 1. The van der Waals surface area contributed by atoms with Crippen LogP contribution in [0, 0.1) is 19.8 Å². The highest BCUT2D eigenvalue weighted by atomic mass is 16.1. The molecule has 1 aromatic carbocycles. The monoisotopic (exact) mass is 327 g/mol. The Kier molecular flexibility index (Phi) is 5.23. The molecule has 0 spiro atoms. The smallest absolute Gasteiger partial charge is 0.220 e. The average Bonchev–Trinajstić information content (AvgIpc) is 3.25. The number of nitrogens with one attached hydrogen (secondary N) is 1. The second kappa shape index (κ2) is 7.55. The van der Waals surface area contributed by atoms with E-state index >= 15 is 0 Å². The van der Waals surface area contributed by atoms with E-state index in [9.17, 15) is 4.79 Å². The molecule has 3 rings (SSSR count). The summed E-state index contributed by atoms with van der Waals surface area (Å²) in [5.74, 6) is 1.46. The van der Waals surface area contributed by atoms with Crippen molar-refractivity contribution in [1.29, 1.82) is 0 Å². The van der Waals surface area contributed by atoms with Crippen molar-refractivity contribution in [3.63, 3.8) is 0 Å². The Morgan fingerprint density at radius 3 is 2.79 bits per heavy atom. The van der Waals surface area contributed by atoms with Crippen molar-refractivity contribution < 1.29 is 4.79 Å². The summed E-state index contributed by atoms with van der Waals surface area (Å²) >= 11 is 0. The van der Waals surface area contributed by atoms with Gasteiger partial charge in [0.15, 0.2) is 5.82 Å². The van der Waals surface area contributed by atoms with Gasteiger partial charge in [-0.2, -0.15) is 4.68 Å². The van der Waals surface area contributed by atoms with Gasteiger partial charge >= 0.3 is 0 Å². The van der Waals surface area contributed by atoms with Gasteiger partial charge in [-0.15, -0.1) is 5.10 Å². The summed E-state index contributed by atoms with van der Waals surface area (Å²) < 4.78 is 1.68. The molecule has 1 heterocycles. The minimum atomic E-state index is 0.0801. The Balaban J connectivity index is 1.57. The molecule has 6 heteroatoms. The van der Waals surface area contributed by atoms with Crippen molar-refractivity contribution in [2.75, 3.05) is 0 Å². The van der Waals surface area contributed by atoms with Gasteiger partial charge in [0.25, 0.3) is 0 Å². The summed E-state index contributed by atoms with van der Waals surface area (Å²) in [4.78, 5) is 12.1. The number of carbonyl (C=O) groups is 1. The van der Waals surface area contributed by atoms with Crippen LogP contribution in [0.3, 0.4) is 0 Å². The van der Waals surface area contributed by atoms with E-state index in [1.165, 1.54) is 36.8 Å². The molecular weight excluding hydrogens is 302 g/mol. The predicted octanol–water partition coefficient (Wildman–Crippen LogP) is 2.87. The maximum Gasteiger partial charge on any atom is 0.220 e. The molecule has 1 fully saturated rings. The Hall–Kier alpha value is -2.24. The molecule has 1 aliphatic rings. The van der Waals surface area contributed by atoms with Crippen molar-refractivity contribution in [1.82, 2.24) is 25.5 Å². The van der Waals surface area contributed by atoms with Gasteiger partial charge in [0.2, 0.25) is 5.91 Å². The molecule has 0 saturated heterocycles. The van der Waals surface area contributed by atoms with E-state index in [1.807, 2.05) is 6.07 Å². The number of hydrogen-bond acceptors (Lipinski definition) is 4. The molecule has 0 bridgehead atoms. The molecule has 128 valence electrons. The van der Waals surface area contributed by atoms with E-state index < -0.39 is 0 Å². The zero-order valence-electron chi connectivity index (χ0n) is 14.5. The molecule has 2 aromatic rings. The number of nitrogens with zero attached hydrogens (tertiary/aromatic N) is 4. The molecule has 0 radical (unpaired) electrons. The number of aryl methyl sites for hydroxylation is 2. The molecule has 6 nitrogen and oxygen atoms in total. The number of benzene rings is 1. The van der Waals surface area contributed by atoms with Crippen molar-refractivity contribution in [3.8, 4) is 5.69 Å². The van der Waals surface area contributed by atoms with Crippen molar-refractivity contribution in [3.05, 3.63) is 35.2 Å². The van der Waals surface area contributed by atoms with Gasteiger partial charge in [-0.25, -0.2) is 0 Å². The van der Waals surface area contributed by atoms with E-state index in [1.54, 1.807) is 4.68 Å². The number of aromatic nitrogens is 4. The Morgan fingerprint density at radius 2 is 2.04 bits per heavy atom. The Labute approximate surface area is 142 Å². The molecule has 24 heavy (non-hydrogen) atoms. The first kappa shape index (κ1) is 16.6. The second-order valence-electron chi connectivity index (χ2n) is 6.74. The first-order chi connectivity index (χ1) is 11.6. The van der Waals surface area contributed by atoms with Crippen LogP contribution in [-0.4, -0.2) is 26.1 Å². The van der Waals surface area contributed by atoms with Gasteiger partial charge in [0.1, 0.15) is 0 Å². The summed E-state index contributed by atoms with van der Waals surface area (Å²) in [5.41, 5.74) is 3.33. The highest BCUT2D eigenvalue weighted by molar-refractivity contribution is 5.75. The maximum atomic E-state index is 12.1. The van der Waals surface area contributed by atoms with Crippen LogP contribution in [0.5, 0.6) is 0 Å². The summed E-state index contributed by atoms with van der Waals surface area (Å²) in [7, 11) is 0. The number of carbonyl (C=O) groups excluding carboxylic acids is 1. The first-order valence-electron chi connectivity index (χ1n) is 8.75. The van der Waals surface area contributed by atoms with E-state index in [0.29, 0.717) is 18.8 Å². The van der Waals surface area contributed by atoms with Crippen molar-refractivity contribution in [2.24, 2.45) is 5.92 Å². The second-order valence-corrected chi connectivity index (χ2v) is 6.74. The minimum Gasteiger partial charge on any atom is -0.349 e. The standard InChI is InChI=1S/C18H25N5O/c1-13-7-9-16(11-14(13)2)23-17(20-21-22-23)12-19-18(24)10-8-15-5-3-4-6-15/h7,9,11,15H,3-6,8,10,12H2,1-2H3,(H,19,24). The van der Waals surface area contributed by atoms with Gasteiger partial charge < -0.3 is 5.32 Å². The van der Waals surface area contributed by atoms with Crippen LogP contribution in [0.15, 0.2) is 18.2 Å². The minimum absolute atomic E-state index is 0.0801. The number of hydrogen-bond donors (Lipinski definition) is 1. The normalized spacial score (nSPS) is 14.9. The van der Waals surface area contributed by atoms with Gasteiger partial charge in [0, 0.05) is 6.42 Å². The fraction of sp³-hybridized carbons (Fsp3) is 0.556. The van der Waals surface area contributed by atoms with Gasteiger partial charge in [0.05, 0.1) is 12.2 Å². The lowest BCUT2D eigenvalue weighted by Gasteiger charge is -2.10. The fourth-order valence-corrected chi connectivity index (χ4v) is 3.27. The van der Waals surface area contributed by atoms with Crippen LogP contribution in [0.4, 0.5) is 0 Å². The third-order valence-electron chi connectivity index (χ3n) is 4.97. The first-order valence-corrected chi connectivity index (χ1v) is 8.75. The zero-order chi connectivity index (χ0) is 16.9. The zero-order valence-corrected chi connectivity index (χ0v) is 14.5. The molecule has 0 atom stereocenters. The van der Waals surface area contributed by atoms with E-state index in [4.69, 9.17) is 0 Å². The van der Waals surface area contributed by atoms with E-state index in [-0.39, 0.29) is 5.91 Å². The molecule has 0 aliphatic heterocycles. The summed E-state index contributed by atoms with van der Waals surface area (Å²) in [6.45, 7) is 4.49. The van der Waals surface area contributed by atoms with Crippen LogP contribution in [0.2, 0.25) is 0 Å². The molecular formula is C18H25N5O. The lowest BCUT2D eigenvalue weighted by atomic mass is 10.0. The molecule has 0 unspecified atom stereocenters. The fourth-order valence-electron chi connectivity index (χ4n) is 3.27. The quantitative estimate of drug-likeness (QED) is 0.885. The predicted molar refractivity (Wildman–Crippen MR) is 91.7 cm³/mol. The average molecular weight is 327 g/mol. The van der Waals surface area contributed by atoms with Crippen LogP contribution < -0.4 is 5.32 Å². The van der Waals surface area contributed by atoms with E-state index in [0.717, 1.165) is 18.0 Å². The molecule has 1 N–H and O–H groups in total. The summed E-state index contributed by atoms with van der Waals surface area (Å²) in [5, 5.41) is 14.8. The summed E-state index contributed by atoms with van der Waals surface area (Å²) in [6, 6.07) is 6.09. The van der Waals surface area contributed by atoms with Crippen molar-refractivity contribution in [2.45, 2.75) is 58.9 Å². The van der Waals surface area contributed by atoms with E-state index in [2.05, 4.69) is 46.8 Å². The van der Waals surface area contributed by atoms with Crippen LogP contribution in [0.25, 0.3) is 5.69 Å². The van der Waals surface area contributed by atoms with Gasteiger partial charge in [-0.3, -0.25) is 4.79 Å². The van der Waals surface area contributed by atoms with Crippen LogP contribution in [-0.2, 0) is 11.3 Å². The lowest BCUT2D eigenvalue weighted by molar-refractivity contribution is -0.121. The van der Waals surface area contributed by atoms with Crippen LogP contribution >= 0.6 is 0 Å². The number of tetrazole rings is 1. The third kappa shape index (κ3) is 3.99. The molecule has 1 saturated carbocycles. The van der Waals surface area contributed by atoms with Crippen LogP contribution in [0.1, 0.15) is 55.5 Å². The molecule has 1 amide bonds. The topological polar surface area (TPSA) is 72.7 Å². The lowest BCUT2D eigenvalue weighted by Crippen LogP contribution is -2.25. The third-order valence-corrected chi connectivity index (χ3v) is 4.97. The van der Waals surface area contributed by atoms with Crippen molar-refractivity contribution >= 4 is 5.91 Å². The SMILES string of the molecule is Cc1ccc(-n2nnnc2CNC(=O)CCC2CCCC2)cc1C. The largest absolute Gasteiger partial charge is 0.349 e. The Bertz CT molecular complexity index is 703. The maximum absolute atomic E-state index is 12.1. The molecule has 1 aliphatic carbocycles. The number of rotatable bonds is 6. The van der Waals surface area contributed by atoms with Gasteiger partial charge in [-0.1, -0.05) is 31.7 Å². The summed E-state index contributed by atoms with van der Waals surface area (Å²) in [6.07, 6.45) is 6.77. The highest BCUT2D eigenvalue weighted by Gasteiger charge is 2.16. The molecule has 1 aromatic heterocycles. The Morgan fingerprint density at radius 1 is 1.25 bits per heavy atom. The highest BCUT2D eigenvalue weighted by Crippen LogP contribution is 2.28. The van der Waals surface area contributed by atoms with Gasteiger partial charge in [-0.05, 0) is 59.9 Å².